The lowest BCUT2D eigenvalue weighted by Gasteiger charge is -2.29. The van der Waals surface area contributed by atoms with Gasteiger partial charge in [0.25, 0.3) is 6.47 Å². The lowest BCUT2D eigenvalue weighted by atomic mass is 10.1. The smallest absolute Gasteiger partial charge is 0.290 e. The van der Waals surface area contributed by atoms with Crippen LogP contribution in [0.15, 0.2) is 36.9 Å². The van der Waals surface area contributed by atoms with Gasteiger partial charge in [-0.3, -0.25) is 9.78 Å². The molecule has 0 aliphatic carbocycles. The first-order valence-electron chi connectivity index (χ1n) is 6.54. The number of carboxylic acid groups (broad SMARTS) is 1. The number of aromatic nitrogens is 3. The molecule has 7 heteroatoms. The highest BCUT2D eigenvalue weighted by atomic mass is 16.5. The summed E-state index contributed by atoms with van der Waals surface area (Å²) in [5.74, 6) is 0.842. The number of hydrogen-bond acceptors (Lipinski definition) is 5. The number of nitrogens with zero attached hydrogens (tertiary/aromatic N) is 3. The van der Waals surface area contributed by atoms with Gasteiger partial charge in [-0.15, -0.1) is 0 Å². The molecule has 3 heterocycles. The van der Waals surface area contributed by atoms with Gasteiger partial charge in [0.05, 0.1) is 18.8 Å². The fourth-order valence-electron chi connectivity index (χ4n) is 2.34. The third kappa shape index (κ3) is 3.65. The molecule has 7 nitrogen and oxygen atoms in total. The predicted octanol–water partition coefficient (Wildman–Crippen LogP) is 0.968. The van der Waals surface area contributed by atoms with Crippen molar-refractivity contribution in [2.75, 3.05) is 13.2 Å². The van der Waals surface area contributed by atoms with Gasteiger partial charge in [-0.1, -0.05) is 0 Å². The number of hydrogen-bond donors (Lipinski definition) is 2. The molecular weight excluding hydrogens is 274 g/mol. The molecule has 3 rings (SSSR count). The fraction of sp³-hybridized carbons (Fsp3) is 0.357. The van der Waals surface area contributed by atoms with Crippen LogP contribution in [0.2, 0.25) is 0 Å². The molecular formula is C14H17N3O4. The van der Waals surface area contributed by atoms with Crippen molar-refractivity contribution in [1.82, 2.24) is 14.5 Å². The van der Waals surface area contributed by atoms with E-state index in [2.05, 4.69) is 9.97 Å². The summed E-state index contributed by atoms with van der Waals surface area (Å²) in [7, 11) is 0. The third-order valence-corrected chi connectivity index (χ3v) is 3.24. The number of pyridine rings is 1. The highest BCUT2D eigenvalue weighted by molar-refractivity contribution is 5.53. The summed E-state index contributed by atoms with van der Waals surface area (Å²) >= 11 is 0. The molecule has 2 aromatic heterocycles. The lowest BCUT2D eigenvalue weighted by Crippen LogP contribution is -2.34. The summed E-state index contributed by atoms with van der Waals surface area (Å²) in [5.41, 5.74) is 0.959. The first-order chi connectivity index (χ1) is 10.3. The monoisotopic (exact) mass is 291 g/mol. The summed E-state index contributed by atoms with van der Waals surface area (Å²) in [4.78, 5) is 16.8. The molecule has 0 unspecified atom stereocenters. The number of carbonyl (C=O) groups is 1. The van der Waals surface area contributed by atoms with Crippen molar-refractivity contribution < 1.29 is 19.7 Å². The Kier molecular flexibility index (Phi) is 5.42. The Hall–Kier alpha value is -2.25. The van der Waals surface area contributed by atoms with Crippen molar-refractivity contribution in [3.63, 3.8) is 0 Å². The van der Waals surface area contributed by atoms with Crippen LogP contribution in [0.25, 0.3) is 11.4 Å². The van der Waals surface area contributed by atoms with Crippen LogP contribution in [-0.4, -0.2) is 50.5 Å². The summed E-state index contributed by atoms with van der Waals surface area (Å²) in [6, 6.07) is 3.88. The van der Waals surface area contributed by atoms with E-state index < -0.39 is 6.10 Å². The average Bonchev–Trinajstić information content (AvgIpc) is 2.99. The Labute approximate surface area is 121 Å². The highest BCUT2D eigenvalue weighted by Crippen LogP contribution is 2.27. The topological polar surface area (TPSA) is 97.5 Å². The lowest BCUT2D eigenvalue weighted by molar-refractivity contribution is -0.122. The molecule has 0 bridgehead atoms. The molecule has 0 amide bonds. The molecule has 112 valence electrons. The van der Waals surface area contributed by atoms with Crippen LogP contribution in [0.4, 0.5) is 0 Å². The van der Waals surface area contributed by atoms with Crippen molar-refractivity contribution in [3.05, 3.63) is 36.9 Å². The minimum absolute atomic E-state index is 0.0245. The SMILES string of the molecule is O=CO.O[C@H]1COCC[C@@H]1n1ccnc1-c1cccnc1. The van der Waals surface area contributed by atoms with Crippen molar-refractivity contribution in [2.24, 2.45) is 0 Å². The maximum Gasteiger partial charge on any atom is 0.290 e. The zero-order chi connectivity index (χ0) is 15.1. The normalized spacial score (nSPS) is 21.2. The van der Waals surface area contributed by atoms with E-state index in [1.807, 2.05) is 22.9 Å². The fourth-order valence-corrected chi connectivity index (χ4v) is 2.34. The van der Waals surface area contributed by atoms with E-state index in [1.165, 1.54) is 0 Å². The minimum atomic E-state index is -0.483. The molecule has 1 aliphatic rings. The summed E-state index contributed by atoms with van der Waals surface area (Å²) in [6.45, 7) is 0.807. The second-order valence-electron chi connectivity index (χ2n) is 4.50. The van der Waals surface area contributed by atoms with Gasteiger partial charge in [-0.2, -0.15) is 0 Å². The van der Waals surface area contributed by atoms with Crippen LogP contribution in [0.5, 0.6) is 0 Å². The van der Waals surface area contributed by atoms with E-state index >= 15 is 0 Å². The van der Waals surface area contributed by atoms with Crippen LogP contribution in [-0.2, 0) is 9.53 Å². The van der Waals surface area contributed by atoms with Crippen LogP contribution in [0.3, 0.4) is 0 Å². The highest BCUT2D eigenvalue weighted by Gasteiger charge is 2.26. The largest absolute Gasteiger partial charge is 0.483 e. The standard InChI is InChI=1S/C13H15N3O2.CH2O2/c17-12-9-18-7-3-11(12)16-6-5-15-13(16)10-2-1-4-14-8-10;2-1-3/h1-2,4-6,8,11-12,17H,3,7,9H2;1H,(H,2,3)/t11-,12-;/m0./s1. The first kappa shape index (κ1) is 15.1. The number of imidazole rings is 1. The summed E-state index contributed by atoms with van der Waals surface area (Å²) in [5, 5.41) is 16.9. The van der Waals surface area contributed by atoms with Gasteiger partial charge in [0, 0.05) is 37.0 Å². The molecule has 0 aromatic carbocycles. The molecule has 1 aliphatic heterocycles. The number of aliphatic hydroxyl groups is 1. The Morgan fingerprint density at radius 2 is 2.24 bits per heavy atom. The zero-order valence-electron chi connectivity index (χ0n) is 11.4. The molecule has 2 atom stereocenters. The van der Waals surface area contributed by atoms with Gasteiger partial charge in [0.1, 0.15) is 5.82 Å². The van der Waals surface area contributed by atoms with Gasteiger partial charge in [0.15, 0.2) is 0 Å². The maximum atomic E-state index is 10.0. The van der Waals surface area contributed by atoms with E-state index in [-0.39, 0.29) is 12.5 Å². The minimum Gasteiger partial charge on any atom is -0.483 e. The molecule has 0 spiro atoms. The third-order valence-electron chi connectivity index (χ3n) is 3.24. The van der Waals surface area contributed by atoms with Crippen molar-refractivity contribution in [1.29, 1.82) is 0 Å². The number of ether oxygens (including phenoxy) is 1. The van der Waals surface area contributed by atoms with E-state index in [1.54, 1.807) is 18.6 Å². The molecule has 21 heavy (non-hydrogen) atoms. The Bertz CT molecular complexity index is 558. The first-order valence-corrected chi connectivity index (χ1v) is 6.54. The predicted molar refractivity (Wildman–Crippen MR) is 74.6 cm³/mol. The van der Waals surface area contributed by atoms with Gasteiger partial charge < -0.3 is 19.5 Å². The van der Waals surface area contributed by atoms with Gasteiger partial charge >= 0.3 is 0 Å². The molecule has 0 saturated carbocycles. The Balaban J connectivity index is 0.000000497. The van der Waals surface area contributed by atoms with Crippen LogP contribution in [0, 0.1) is 0 Å². The Morgan fingerprint density at radius 3 is 2.90 bits per heavy atom. The van der Waals surface area contributed by atoms with Gasteiger partial charge in [-0.05, 0) is 18.6 Å². The maximum absolute atomic E-state index is 10.0. The van der Waals surface area contributed by atoms with Crippen molar-refractivity contribution >= 4 is 6.47 Å². The van der Waals surface area contributed by atoms with Crippen LogP contribution in [0.1, 0.15) is 12.5 Å². The van der Waals surface area contributed by atoms with Crippen LogP contribution < -0.4 is 0 Å². The van der Waals surface area contributed by atoms with E-state index in [9.17, 15) is 5.11 Å². The van der Waals surface area contributed by atoms with Gasteiger partial charge in [-0.25, -0.2) is 4.98 Å². The quantitative estimate of drug-likeness (QED) is 0.800. The van der Waals surface area contributed by atoms with Crippen molar-refractivity contribution in [2.45, 2.75) is 18.6 Å². The number of aliphatic hydroxyl groups excluding tert-OH is 1. The summed E-state index contributed by atoms with van der Waals surface area (Å²) < 4.78 is 7.28. The Morgan fingerprint density at radius 1 is 1.43 bits per heavy atom. The van der Waals surface area contributed by atoms with Crippen LogP contribution >= 0.6 is 0 Å². The van der Waals surface area contributed by atoms with E-state index in [4.69, 9.17) is 14.6 Å². The zero-order valence-corrected chi connectivity index (χ0v) is 11.4. The molecule has 2 N–H and O–H groups in total. The van der Waals surface area contributed by atoms with E-state index in [0.29, 0.717) is 13.2 Å². The molecule has 2 aromatic rings. The molecule has 0 radical (unpaired) electrons. The molecule has 1 fully saturated rings. The van der Waals surface area contributed by atoms with Gasteiger partial charge in [0.2, 0.25) is 0 Å². The second-order valence-corrected chi connectivity index (χ2v) is 4.50. The summed E-state index contributed by atoms with van der Waals surface area (Å²) in [6.07, 6.45) is 7.49. The second kappa shape index (κ2) is 7.51. The van der Waals surface area contributed by atoms with E-state index in [0.717, 1.165) is 17.8 Å². The average molecular weight is 291 g/mol. The van der Waals surface area contributed by atoms with Crippen molar-refractivity contribution in [3.8, 4) is 11.4 Å². The molecule has 1 saturated heterocycles. The number of rotatable bonds is 2.